The van der Waals surface area contributed by atoms with E-state index in [2.05, 4.69) is 57.2 Å². The fraction of sp³-hybridized carbons (Fsp3) is 0.350. The average Bonchev–Trinajstić information content (AvgIpc) is 2.72. The fourth-order valence-electron chi connectivity index (χ4n) is 3.35. The van der Waals surface area contributed by atoms with Gasteiger partial charge in [-0.2, -0.15) is 0 Å². The molecule has 2 heteroatoms. The van der Waals surface area contributed by atoms with Crippen molar-refractivity contribution >= 4 is 5.91 Å². The number of carbonyl (C=O) groups is 1. The van der Waals surface area contributed by atoms with E-state index in [-0.39, 0.29) is 17.4 Å². The maximum absolute atomic E-state index is 12.8. The molecule has 0 saturated carbocycles. The summed E-state index contributed by atoms with van der Waals surface area (Å²) in [5.41, 5.74) is 3.39. The predicted molar refractivity (Wildman–Crippen MR) is 89.3 cm³/mol. The highest BCUT2D eigenvalue weighted by Gasteiger charge is 2.45. The summed E-state index contributed by atoms with van der Waals surface area (Å²) in [5, 5.41) is 0. The molecule has 1 fully saturated rings. The third-order valence-corrected chi connectivity index (χ3v) is 4.54. The van der Waals surface area contributed by atoms with Gasteiger partial charge in [-0.25, -0.2) is 0 Å². The second-order valence-corrected chi connectivity index (χ2v) is 6.94. The fourth-order valence-corrected chi connectivity index (χ4v) is 3.35. The van der Waals surface area contributed by atoms with Crippen molar-refractivity contribution in [2.45, 2.75) is 39.8 Å². The molecular weight excluding hydrogens is 270 g/mol. The lowest BCUT2D eigenvalue weighted by Crippen LogP contribution is -2.31. The lowest BCUT2D eigenvalue weighted by Gasteiger charge is -2.26. The molecule has 0 spiro atoms. The highest BCUT2D eigenvalue weighted by molar-refractivity contribution is 5.84. The van der Waals surface area contributed by atoms with Crippen LogP contribution in [0.25, 0.3) is 0 Å². The number of carbonyl (C=O) groups excluding carboxylic acids is 1. The standard InChI is InChI=1S/C20H23NO/c1-15-8-7-11-17(12-15)18-13-20(2,3)19(22)21(18)14-16-9-5-4-6-10-16/h4-12,18H,13-14H2,1-3H3/t18-/m1/s1. The van der Waals surface area contributed by atoms with Crippen LogP contribution in [0, 0.1) is 12.3 Å². The van der Waals surface area contributed by atoms with Crippen molar-refractivity contribution in [3.8, 4) is 0 Å². The van der Waals surface area contributed by atoms with Gasteiger partial charge in [0.2, 0.25) is 5.91 Å². The van der Waals surface area contributed by atoms with Crippen LogP contribution in [0.2, 0.25) is 0 Å². The normalized spacial score (nSPS) is 20.4. The summed E-state index contributed by atoms with van der Waals surface area (Å²) >= 11 is 0. The predicted octanol–water partition coefficient (Wildman–Crippen LogP) is 4.49. The van der Waals surface area contributed by atoms with Gasteiger partial charge in [0.05, 0.1) is 6.04 Å². The first-order valence-corrected chi connectivity index (χ1v) is 7.89. The summed E-state index contributed by atoms with van der Waals surface area (Å²) < 4.78 is 0. The Morgan fingerprint density at radius 1 is 1.09 bits per heavy atom. The number of hydrogen-bond acceptors (Lipinski definition) is 1. The Morgan fingerprint density at radius 3 is 2.50 bits per heavy atom. The van der Waals surface area contributed by atoms with Crippen molar-refractivity contribution < 1.29 is 4.79 Å². The van der Waals surface area contributed by atoms with Crippen molar-refractivity contribution in [3.63, 3.8) is 0 Å². The summed E-state index contributed by atoms with van der Waals surface area (Å²) in [6.07, 6.45) is 0.877. The Hall–Kier alpha value is -2.09. The maximum atomic E-state index is 12.8. The van der Waals surface area contributed by atoms with E-state index in [0.29, 0.717) is 6.54 Å². The molecule has 0 bridgehead atoms. The molecular formula is C20H23NO. The van der Waals surface area contributed by atoms with Crippen LogP contribution in [0.3, 0.4) is 0 Å². The van der Waals surface area contributed by atoms with Gasteiger partial charge in [0, 0.05) is 12.0 Å². The van der Waals surface area contributed by atoms with Crippen molar-refractivity contribution in [3.05, 3.63) is 71.3 Å². The van der Waals surface area contributed by atoms with E-state index in [1.165, 1.54) is 16.7 Å². The highest BCUT2D eigenvalue weighted by atomic mass is 16.2. The number of amides is 1. The van der Waals surface area contributed by atoms with Gasteiger partial charge in [0.15, 0.2) is 0 Å². The molecule has 114 valence electrons. The minimum absolute atomic E-state index is 0.169. The van der Waals surface area contributed by atoms with Crippen LogP contribution in [0.1, 0.15) is 43.0 Å². The molecule has 1 amide bonds. The number of likely N-dealkylation sites (tertiary alicyclic amines) is 1. The molecule has 2 aromatic carbocycles. The number of benzene rings is 2. The van der Waals surface area contributed by atoms with Crippen LogP contribution in [-0.4, -0.2) is 10.8 Å². The Bertz CT molecular complexity index is 675. The molecule has 1 saturated heterocycles. The maximum Gasteiger partial charge on any atom is 0.229 e. The van der Waals surface area contributed by atoms with E-state index in [4.69, 9.17) is 0 Å². The summed E-state index contributed by atoms with van der Waals surface area (Å²) in [4.78, 5) is 14.9. The van der Waals surface area contributed by atoms with E-state index in [1.54, 1.807) is 0 Å². The highest BCUT2D eigenvalue weighted by Crippen LogP contribution is 2.44. The van der Waals surface area contributed by atoms with E-state index in [1.807, 2.05) is 23.1 Å². The smallest absolute Gasteiger partial charge is 0.229 e. The molecule has 1 heterocycles. The molecule has 0 radical (unpaired) electrons. The second-order valence-electron chi connectivity index (χ2n) is 6.94. The largest absolute Gasteiger partial charge is 0.331 e. The molecule has 22 heavy (non-hydrogen) atoms. The zero-order valence-electron chi connectivity index (χ0n) is 13.5. The van der Waals surface area contributed by atoms with Crippen molar-refractivity contribution in [2.75, 3.05) is 0 Å². The summed E-state index contributed by atoms with van der Waals surface area (Å²) in [6, 6.07) is 19.0. The Balaban J connectivity index is 1.94. The first-order valence-electron chi connectivity index (χ1n) is 7.89. The number of nitrogens with zero attached hydrogens (tertiary/aromatic N) is 1. The minimum Gasteiger partial charge on any atom is -0.331 e. The molecule has 0 aromatic heterocycles. The zero-order chi connectivity index (χ0) is 15.7. The van der Waals surface area contributed by atoms with E-state index >= 15 is 0 Å². The molecule has 1 aliphatic rings. The van der Waals surface area contributed by atoms with Gasteiger partial charge in [0.25, 0.3) is 0 Å². The summed E-state index contributed by atoms with van der Waals surface area (Å²) in [6.45, 7) is 6.90. The van der Waals surface area contributed by atoms with Crippen LogP contribution in [0.5, 0.6) is 0 Å². The molecule has 1 atom stereocenters. The molecule has 1 aliphatic heterocycles. The van der Waals surface area contributed by atoms with Crippen molar-refractivity contribution in [1.82, 2.24) is 4.90 Å². The SMILES string of the molecule is Cc1cccc([C@H]2CC(C)(C)C(=O)N2Cc2ccccc2)c1. The molecule has 0 unspecified atom stereocenters. The van der Waals surface area contributed by atoms with Crippen LogP contribution >= 0.6 is 0 Å². The Morgan fingerprint density at radius 2 is 1.82 bits per heavy atom. The number of hydrogen-bond donors (Lipinski definition) is 0. The molecule has 2 aromatic rings. The lowest BCUT2D eigenvalue weighted by atomic mass is 9.88. The lowest BCUT2D eigenvalue weighted by molar-refractivity contribution is -0.136. The second kappa shape index (κ2) is 5.60. The van der Waals surface area contributed by atoms with Gasteiger partial charge < -0.3 is 4.90 Å². The average molecular weight is 293 g/mol. The molecule has 2 nitrogen and oxygen atoms in total. The van der Waals surface area contributed by atoms with Gasteiger partial charge in [0.1, 0.15) is 0 Å². The third kappa shape index (κ3) is 2.78. The quantitative estimate of drug-likeness (QED) is 0.816. The van der Waals surface area contributed by atoms with Gasteiger partial charge in [-0.05, 0) is 24.5 Å². The van der Waals surface area contributed by atoms with Crippen molar-refractivity contribution in [2.24, 2.45) is 5.41 Å². The van der Waals surface area contributed by atoms with Crippen molar-refractivity contribution in [1.29, 1.82) is 0 Å². The van der Waals surface area contributed by atoms with Crippen LogP contribution < -0.4 is 0 Å². The van der Waals surface area contributed by atoms with Crippen LogP contribution in [0.4, 0.5) is 0 Å². The Labute approximate surface area is 132 Å². The molecule has 3 rings (SSSR count). The molecule has 0 N–H and O–H groups in total. The van der Waals surface area contributed by atoms with Gasteiger partial charge in [-0.1, -0.05) is 74.0 Å². The number of rotatable bonds is 3. The minimum atomic E-state index is -0.288. The first-order chi connectivity index (χ1) is 10.5. The number of aryl methyl sites for hydroxylation is 1. The van der Waals surface area contributed by atoms with Crippen LogP contribution in [0.15, 0.2) is 54.6 Å². The third-order valence-electron chi connectivity index (χ3n) is 4.54. The molecule has 0 aliphatic carbocycles. The van der Waals surface area contributed by atoms with Gasteiger partial charge in [-0.3, -0.25) is 4.79 Å². The Kier molecular flexibility index (Phi) is 3.78. The summed E-state index contributed by atoms with van der Waals surface area (Å²) in [5.74, 6) is 0.253. The zero-order valence-corrected chi connectivity index (χ0v) is 13.5. The van der Waals surface area contributed by atoms with E-state index < -0.39 is 0 Å². The summed E-state index contributed by atoms with van der Waals surface area (Å²) in [7, 11) is 0. The first kappa shape index (κ1) is 14.8. The van der Waals surface area contributed by atoms with Gasteiger partial charge >= 0.3 is 0 Å². The van der Waals surface area contributed by atoms with E-state index in [9.17, 15) is 4.79 Å². The van der Waals surface area contributed by atoms with Gasteiger partial charge in [-0.15, -0.1) is 0 Å². The van der Waals surface area contributed by atoms with Crippen LogP contribution in [-0.2, 0) is 11.3 Å². The monoisotopic (exact) mass is 293 g/mol. The topological polar surface area (TPSA) is 20.3 Å². The van der Waals surface area contributed by atoms with E-state index in [0.717, 1.165) is 6.42 Å².